The van der Waals surface area contributed by atoms with E-state index in [0.717, 1.165) is 56.6 Å². The minimum absolute atomic E-state index is 0. The van der Waals surface area contributed by atoms with Gasteiger partial charge in [0.2, 0.25) is 0 Å². The molecule has 0 spiro atoms. The molecule has 1 aliphatic rings. The Morgan fingerprint density at radius 1 is 1.27 bits per heavy atom. The zero-order valence-electron chi connectivity index (χ0n) is 15.7. The molecule has 0 radical (unpaired) electrons. The van der Waals surface area contributed by atoms with E-state index in [0.29, 0.717) is 5.56 Å². The van der Waals surface area contributed by atoms with Crippen LogP contribution < -0.4 is 16.0 Å². The normalized spacial score (nSPS) is 13.7. The maximum absolute atomic E-state index is 11.7. The van der Waals surface area contributed by atoms with Crippen molar-refractivity contribution in [2.45, 2.75) is 25.7 Å². The van der Waals surface area contributed by atoms with Crippen molar-refractivity contribution in [2.75, 3.05) is 40.4 Å². The topological polar surface area (TPSA) is 74.8 Å². The van der Waals surface area contributed by atoms with Crippen LogP contribution >= 0.6 is 24.0 Å². The van der Waals surface area contributed by atoms with Crippen LogP contribution in [0.5, 0.6) is 0 Å². The average molecular weight is 474 g/mol. The van der Waals surface area contributed by atoms with Gasteiger partial charge in [-0.05, 0) is 49.3 Å². The smallest absolute Gasteiger partial charge is 0.251 e. The summed E-state index contributed by atoms with van der Waals surface area (Å²) in [5.74, 6) is 1.56. The van der Waals surface area contributed by atoms with Gasteiger partial charge in [-0.3, -0.25) is 9.79 Å². The van der Waals surface area contributed by atoms with E-state index in [-0.39, 0.29) is 29.9 Å². The van der Waals surface area contributed by atoms with E-state index >= 15 is 0 Å². The van der Waals surface area contributed by atoms with Crippen molar-refractivity contribution in [1.29, 1.82) is 0 Å². The van der Waals surface area contributed by atoms with Gasteiger partial charge in [-0.2, -0.15) is 0 Å². The summed E-state index contributed by atoms with van der Waals surface area (Å²) in [6.07, 6.45) is 4.47. The summed E-state index contributed by atoms with van der Waals surface area (Å²) < 4.78 is 5.62. The molecule has 1 amide bonds. The number of amides is 1. The van der Waals surface area contributed by atoms with Gasteiger partial charge in [0.1, 0.15) is 0 Å². The maximum Gasteiger partial charge on any atom is 0.251 e. The molecule has 2 rings (SSSR count). The van der Waals surface area contributed by atoms with Gasteiger partial charge in [0.05, 0.1) is 0 Å². The fourth-order valence-electron chi connectivity index (χ4n) is 2.47. The van der Waals surface area contributed by atoms with Crippen molar-refractivity contribution >= 4 is 35.8 Å². The van der Waals surface area contributed by atoms with Crippen LogP contribution in [0.4, 0.5) is 0 Å². The third kappa shape index (κ3) is 8.84. The number of carbonyl (C=O) groups is 1. The number of aliphatic imine (C=N–C) groups is 1. The third-order valence-corrected chi connectivity index (χ3v) is 4.15. The monoisotopic (exact) mass is 474 g/mol. The first-order chi connectivity index (χ1) is 12.2. The molecule has 7 heteroatoms. The summed E-state index contributed by atoms with van der Waals surface area (Å²) in [7, 11) is 3.41. The van der Waals surface area contributed by atoms with Gasteiger partial charge in [0.15, 0.2) is 5.96 Å². The number of nitrogens with one attached hydrogen (secondary N) is 3. The molecule has 1 aliphatic carbocycles. The highest BCUT2D eigenvalue weighted by atomic mass is 127. The van der Waals surface area contributed by atoms with Gasteiger partial charge in [0, 0.05) is 46.0 Å². The Morgan fingerprint density at radius 2 is 2.04 bits per heavy atom. The fourth-order valence-corrected chi connectivity index (χ4v) is 2.47. The number of hydrogen-bond donors (Lipinski definition) is 3. The number of halogens is 1. The Balaban J connectivity index is 0.00000338. The first-order valence-corrected chi connectivity index (χ1v) is 9.06. The van der Waals surface area contributed by atoms with Gasteiger partial charge in [-0.25, -0.2) is 0 Å². The first kappa shape index (κ1) is 22.7. The van der Waals surface area contributed by atoms with Crippen molar-refractivity contribution < 1.29 is 9.53 Å². The van der Waals surface area contributed by atoms with Crippen LogP contribution in [0.1, 0.15) is 35.2 Å². The minimum Gasteiger partial charge on any atom is -0.381 e. The number of benzene rings is 1. The second-order valence-electron chi connectivity index (χ2n) is 6.33. The molecule has 0 atom stereocenters. The predicted molar refractivity (Wildman–Crippen MR) is 116 cm³/mol. The molecule has 0 aromatic heterocycles. The van der Waals surface area contributed by atoms with Crippen molar-refractivity contribution in [3.05, 3.63) is 35.4 Å². The van der Waals surface area contributed by atoms with Crippen molar-refractivity contribution in [3.63, 3.8) is 0 Å². The van der Waals surface area contributed by atoms with E-state index in [2.05, 4.69) is 20.9 Å². The second kappa shape index (κ2) is 12.9. The molecule has 0 saturated heterocycles. The lowest BCUT2D eigenvalue weighted by Crippen LogP contribution is -2.39. The summed E-state index contributed by atoms with van der Waals surface area (Å²) in [6, 6.07) is 7.69. The lowest BCUT2D eigenvalue weighted by molar-refractivity contribution is 0.0963. The van der Waals surface area contributed by atoms with Gasteiger partial charge >= 0.3 is 0 Å². The number of ether oxygens (including phenoxy) is 1. The molecule has 1 fully saturated rings. The quantitative estimate of drug-likeness (QED) is 0.210. The minimum atomic E-state index is -0.0591. The standard InChI is InChI=1S/C19H30N4O2.HI/c1-20-18(24)17-6-3-5-15(13-17)9-11-23-19(21-2)22-10-4-12-25-14-16-7-8-16;/h3,5-6,13,16H,4,7-12,14H2,1-2H3,(H,20,24)(H2,21,22,23);1H. The summed E-state index contributed by atoms with van der Waals surface area (Å²) in [5.41, 5.74) is 1.81. The zero-order valence-corrected chi connectivity index (χ0v) is 18.0. The van der Waals surface area contributed by atoms with E-state index in [1.54, 1.807) is 14.1 Å². The van der Waals surface area contributed by atoms with Crippen molar-refractivity contribution in [1.82, 2.24) is 16.0 Å². The van der Waals surface area contributed by atoms with Crippen LogP contribution in [-0.4, -0.2) is 52.3 Å². The average Bonchev–Trinajstić information content (AvgIpc) is 3.47. The van der Waals surface area contributed by atoms with Crippen molar-refractivity contribution in [3.8, 4) is 0 Å². The zero-order chi connectivity index (χ0) is 17.9. The lowest BCUT2D eigenvalue weighted by Gasteiger charge is -2.12. The molecule has 26 heavy (non-hydrogen) atoms. The van der Waals surface area contributed by atoms with Crippen LogP contribution in [0.3, 0.4) is 0 Å². The molecule has 0 bridgehead atoms. The Hall–Kier alpha value is -1.35. The largest absolute Gasteiger partial charge is 0.381 e. The second-order valence-corrected chi connectivity index (χ2v) is 6.33. The van der Waals surface area contributed by atoms with Crippen molar-refractivity contribution in [2.24, 2.45) is 10.9 Å². The molecule has 146 valence electrons. The first-order valence-electron chi connectivity index (χ1n) is 9.06. The molecule has 0 heterocycles. The van der Waals surface area contributed by atoms with Gasteiger partial charge in [-0.1, -0.05) is 12.1 Å². The van der Waals surface area contributed by atoms with Crippen LogP contribution in [0.25, 0.3) is 0 Å². The van der Waals surface area contributed by atoms with Crippen LogP contribution in [0.2, 0.25) is 0 Å². The molecule has 0 aliphatic heterocycles. The molecular weight excluding hydrogens is 443 g/mol. The summed E-state index contributed by atoms with van der Waals surface area (Å²) in [5, 5.41) is 9.24. The number of hydrogen-bond acceptors (Lipinski definition) is 3. The van der Waals surface area contributed by atoms with Crippen LogP contribution in [0.15, 0.2) is 29.3 Å². The van der Waals surface area contributed by atoms with E-state index in [4.69, 9.17) is 4.74 Å². The maximum atomic E-state index is 11.7. The van der Waals surface area contributed by atoms with Gasteiger partial charge in [-0.15, -0.1) is 24.0 Å². The Kier molecular flexibility index (Phi) is 11.3. The molecule has 6 nitrogen and oxygen atoms in total. The predicted octanol–water partition coefficient (Wildman–Crippen LogP) is 2.19. The van der Waals surface area contributed by atoms with E-state index in [1.165, 1.54) is 12.8 Å². The molecule has 1 saturated carbocycles. The summed E-state index contributed by atoms with van der Waals surface area (Å²) >= 11 is 0. The summed E-state index contributed by atoms with van der Waals surface area (Å²) in [4.78, 5) is 15.9. The Morgan fingerprint density at radius 3 is 2.73 bits per heavy atom. The fraction of sp³-hybridized carbons (Fsp3) is 0.579. The summed E-state index contributed by atoms with van der Waals surface area (Å²) in [6.45, 7) is 3.32. The molecule has 0 unspecified atom stereocenters. The van der Waals surface area contributed by atoms with Gasteiger partial charge < -0.3 is 20.7 Å². The Bertz CT molecular complexity index is 576. The highest BCUT2D eigenvalue weighted by molar-refractivity contribution is 14.0. The molecule has 1 aromatic rings. The highest BCUT2D eigenvalue weighted by Crippen LogP contribution is 2.28. The van der Waals surface area contributed by atoms with Crippen LogP contribution in [-0.2, 0) is 11.2 Å². The molecule has 3 N–H and O–H groups in total. The number of carbonyl (C=O) groups excluding carboxylic acids is 1. The van der Waals surface area contributed by atoms with Gasteiger partial charge in [0.25, 0.3) is 5.91 Å². The lowest BCUT2D eigenvalue weighted by atomic mass is 10.1. The molecular formula is C19H31IN4O2. The Labute approximate surface area is 173 Å². The highest BCUT2D eigenvalue weighted by Gasteiger charge is 2.20. The third-order valence-electron chi connectivity index (χ3n) is 4.15. The van der Waals surface area contributed by atoms with Crippen LogP contribution in [0, 0.1) is 5.92 Å². The van der Waals surface area contributed by atoms with E-state index in [1.807, 2.05) is 24.3 Å². The van der Waals surface area contributed by atoms with E-state index < -0.39 is 0 Å². The SMILES string of the molecule is CN=C(NCCCOCC1CC1)NCCc1cccc(C(=O)NC)c1.I. The number of guanidine groups is 1. The van der Waals surface area contributed by atoms with E-state index in [9.17, 15) is 4.79 Å². The molecule has 1 aromatic carbocycles. The number of nitrogens with zero attached hydrogens (tertiary/aromatic N) is 1. The number of rotatable bonds is 10.